The van der Waals surface area contributed by atoms with Crippen LogP contribution in [0.2, 0.25) is 5.02 Å². The fourth-order valence-electron chi connectivity index (χ4n) is 1.30. The Morgan fingerprint density at radius 1 is 1.12 bits per heavy atom. The quantitative estimate of drug-likeness (QED) is 0.764. The van der Waals surface area contributed by atoms with Gasteiger partial charge in [0.05, 0.1) is 0 Å². The molecule has 0 heterocycles. The van der Waals surface area contributed by atoms with Crippen LogP contribution in [-0.2, 0) is 0 Å². The number of carbonyl (C=O) groups is 1. The van der Waals surface area contributed by atoms with Gasteiger partial charge >= 0.3 is 0 Å². The Morgan fingerprint density at radius 3 is 2.41 bits per heavy atom. The highest BCUT2D eigenvalue weighted by Crippen LogP contribution is 2.30. The third-order valence-corrected chi connectivity index (χ3v) is 3.44. The summed E-state index contributed by atoms with van der Waals surface area (Å²) in [6, 6.07) is 11.6. The minimum Gasteiger partial charge on any atom is -0.298 e. The Kier molecular flexibility index (Phi) is 3.82. The van der Waals surface area contributed by atoms with E-state index in [9.17, 15) is 9.18 Å². The van der Waals surface area contributed by atoms with Crippen LogP contribution in [0.25, 0.3) is 0 Å². The highest BCUT2D eigenvalue weighted by atomic mass is 35.5. The minimum atomic E-state index is -0.394. The van der Waals surface area contributed by atoms with E-state index >= 15 is 0 Å². The summed E-state index contributed by atoms with van der Waals surface area (Å²) in [7, 11) is 0. The SMILES string of the molecule is O=Cc1ccc(Sc2ccc(Cl)cc2)c(F)c1. The molecule has 0 spiro atoms. The van der Waals surface area contributed by atoms with Crippen molar-refractivity contribution >= 4 is 29.6 Å². The molecule has 2 aromatic rings. The van der Waals surface area contributed by atoms with Gasteiger partial charge in [-0.3, -0.25) is 4.79 Å². The Hall–Kier alpha value is -1.32. The Morgan fingerprint density at radius 2 is 1.82 bits per heavy atom. The van der Waals surface area contributed by atoms with E-state index in [2.05, 4.69) is 0 Å². The fourth-order valence-corrected chi connectivity index (χ4v) is 2.25. The minimum absolute atomic E-state index is 0.336. The van der Waals surface area contributed by atoms with Gasteiger partial charge in [0.2, 0.25) is 0 Å². The zero-order chi connectivity index (χ0) is 12.3. The maximum Gasteiger partial charge on any atom is 0.150 e. The zero-order valence-electron chi connectivity index (χ0n) is 8.69. The molecule has 0 bridgehead atoms. The summed E-state index contributed by atoms with van der Waals surface area (Å²) < 4.78 is 13.6. The van der Waals surface area contributed by atoms with Crippen molar-refractivity contribution in [3.63, 3.8) is 0 Å². The molecule has 1 nitrogen and oxygen atoms in total. The number of rotatable bonds is 3. The van der Waals surface area contributed by atoms with Gasteiger partial charge in [-0.2, -0.15) is 0 Å². The van der Waals surface area contributed by atoms with Gasteiger partial charge in [0.25, 0.3) is 0 Å². The van der Waals surface area contributed by atoms with Crippen molar-refractivity contribution in [1.82, 2.24) is 0 Å². The predicted molar refractivity (Wildman–Crippen MR) is 67.4 cm³/mol. The summed E-state index contributed by atoms with van der Waals surface area (Å²) in [4.78, 5) is 11.9. The molecule has 0 aliphatic rings. The van der Waals surface area contributed by atoms with Crippen molar-refractivity contribution in [3.8, 4) is 0 Å². The highest BCUT2D eigenvalue weighted by molar-refractivity contribution is 7.99. The normalized spacial score (nSPS) is 10.2. The van der Waals surface area contributed by atoms with Gasteiger partial charge in [-0.05, 0) is 36.4 Å². The third-order valence-electron chi connectivity index (χ3n) is 2.13. The lowest BCUT2D eigenvalue weighted by molar-refractivity contribution is 0.112. The summed E-state index contributed by atoms with van der Waals surface area (Å²) in [5, 5.41) is 0.645. The molecule has 0 saturated carbocycles. The van der Waals surface area contributed by atoms with Gasteiger partial charge < -0.3 is 0 Å². The van der Waals surface area contributed by atoms with Gasteiger partial charge in [0, 0.05) is 20.4 Å². The van der Waals surface area contributed by atoms with Gasteiger partial charge in [0.1, 0.15) is 12.1 Å². The number of benzene rings is 2. The second-order valence-electron chi connectivity index (χ2n) is 3.36. The molecule has 2 rings (SSSR count). The van der Waals surface area contributed by atoms with Gasteiger partial charge in [-0.25, -0.2) is 4.39 Å². The molecule has 0 N–H and O–H groups in total. The van der Waals surface area contributed by atoms with E-state index < -0.39 is 5.82 Å². The summed E-state index contributed by atoms with van der Waals surface area (Å²) in [5.74, 6) is -0.394. The van der Waals surface area contributed by atoms with Crippen molar-refractivity contribution in [1.29, 1.82) is 0 Å². The summed E-state index contributed by atoms with van der Waals surface area (Å²) >= 11 is 7.06. The molecule has 86 valence electrons. The molecule has 0 saturated heterocycles. The Labute approximate surface area is 108 Å². The third kappa shape index (κ3) is 3.08. The van der Waals surface area contributed by atoms with Crippen LogP contribution in [0.1, 0.15) is 10.4 Å². The van der Waals surface area contributed by atoms with Crippen LogP contribution in [0, 0.1) is 5.82 Å². The van der Waals surface area contributed by atoms with Crippen LogP contribution in [0.5, 0.6) is 0 Å². The van der Waals surface area contributed by atoms with E-state index in [-0.39, 0.29) is 0 Å². The van der Waals surface area contributed by atoms with Crippen molar-refractivity contribution < 1.29 is 9.18 Å². The fraction of sp³-hybridized carbons (Fsp3) is 0. The molecule has 0 unspecified atom stereocenters. The summed E-state index contributed by atoms with van der Waals surface area (Å²) in [5.41, 5.74) is 0.336. The number of carbonyl (C=O) groups excluding carboxylic acids is 1. The maximum atomic E-state index is 13.6. The predicted octanol–water partition coefficient (Wildman–Crippen LogP) is 4.44. The van der Waals surface area contributed by atoms with E-state index in [0.717, 1.165) is 4.90 Å². The first-order valence-electron chi connectivity index (χ1n) is 4.87. The Balaban J connectivity index is 2.24. The molecular weight excluding hydrogens is 259 g/mol. The lowest BCUT2D eigenvalue weighted by Crippen LogP contribution is -1.85. The first-order valence-corrected chi connectivity index (χ1v) is 6.06. The zero-order valence-corrected chi connectivity index (χ0v) is 10.3. The molecule has 17 heavy (non-hydrogen) atoms. The molecule has 2 aromatic carbocycles. The van der Waals surface area contributed by atoms with Crippen LogP contribution in [0.3, 0.4) is 0 Å². The van der Waals surface area contributed by atoms with Crippen molar-refractivity contribution in [3.05, 3.63) is 58.9 Å². The molecular formula is C13H8ClFOS. The van der Waals surface area contributed by atoms with Crippen LogP contribution < -0.4 is 0 Å². The van der Waals surface area contributed by atoms with Gasteiger partial charge in [-0.15, -0.1) is 0 Å². The first kappa shape index (κ1) is 12.1. The van der Waals surface area contributed by atoms with E-state index in [1.807, 2.05) is 12.1 Å². The molecule has 0 aliphatic carbocycles. The van der Waals surface area contributed by atoms with Gasteiger partial charge in [0.15, 0.2) is 0 Å². The lowest BCUT2D eigenvalue weighted by atomic mass is 10.2. The van der Waals surface area contributed by atoms with Gasteiger partial charge in [-0.1, -0.05) is 29.4 Å². The molecule has 0 fully saturated rings. The lowest BCUT2D eigenvalue weighted by Gasteiger charge is -2.03. The first-order chi connectivity index (χ1) is 8.19. The number of halogens is 2. The summed E-state index contributed by atoms with van der Waals surface area (Å²) in [6.07, 6.45) is 0.625. The van der Waals surface area contributed by atoms with Crippen LogP contribution in [-0.4, -0.2) is 6.29 Å². The van der Waals surface area contributed by atoms with E-state index in [4.69, 9.17) is 11.6 Å². The van der Waals surface area contributed by atoms with Crippen LogP contribution >= 0.6 is 23.4 Å². The number of aldehydes is 1. The Bertz CT molecular complexity index is 540. The number of hydrogen-bond donors (Lipinski definition) is 0. The molecule has 0 aromatic heterocycles. The number of hydrogen-bond acceptors (Lipinski definition) is 2. The van der Waals surface area contributed by atoms with Crippen LogP contribution in [0.15, 0.2) is 52.3 Å². The molecule has 4 heteroatoms. The highest BCUT2D eigenvalue weighted by Gasteiger charge is 2.05. The van der Waals surface area contributed by atoms with Crippen molar-refractivity contribution in [2.75, 3.05) is 0 Å². The molecule has 0 radical (unpaired) electrons. The second kappa shape index (κ2) is 5.34. The van der Waals surface area contributed by atoms with E-state index in [0.29, 0.717) is 21.8 Å². The van der Waals surface area contributed by atoms with Crippen LogP contribution in [0.4, 0.5) is 4.39 Å². The molecule has 0 amide bonds. The van der Waals surface area contributed by atoms with E-state index in [1.165, 1.54) is 17.8 Å². The second-order valence-corrected chi connectivity index (χ2v) is 4.92. The smallest absolute Gasteiger partial charge is 0.150 e. The van der Waals surface area contributed by atoms with Crippen molar-refractivity contribution in [2.45, 2.75) is 9.79 Å². The molecule has 0 aliphatic heterocycles. The monoisotopic (exact) mass is 266 g/mol. The average molecular weight is 267 g/mol. The average Bonchev–Trinajstić information content (AvgIpc) is 2.34. The van der Waals surface area contributed by atoms with E-state index in [1.54, 1.807) is 24.3 Å². The van der Waals surface area contributed by atoms with Crippen molar-refractivity contribution in [2.24, 2.45) is 0 Å². The largest absolute Gasteiger partial charge is 0.298 e. The maximum absolute atomic E-state index is 13.6. The summed E-state index contributed by atoms with van der Waals surface area (Å²) in [6.45, 7) is 0. The topological polar surface area (TPSA) is 17.1 Å². The standard InChI is InChI=1S/C13H8ClFOS/c14-10-2-4-11(5-3-10)17-13-6-1-9(8-16)7-12(13)15/h1-8H. The molecule has 0 atom stereocenters.